The average molecular weight is 471 g/mol. The molecule has 2 aromatic rings. The second-order valence-electron chi connectivity index (χ2n) is 6.95. The highest BCUT2D eigenvalue weighted by Gasteiger charge is 2.31. The first kappa shape index (κ1) is 21.8. The van der Waals surface area contributed by atoms with Gasteiger partial charge in [-0.05, 0) is 30.3 Å². The van der Waals surface area contributed by atoms with Crippen molar-refractivity contribution in [1.82, 2.24) is 9.21 Å². The summed E-state index contributed by atoms with van der Waals surface area (Å²) in [5, 5.41) is 0. The van der Waals surface area contributed by atoms with Gasteiger partial charge in [-0.15, -0.1) is 11.8 Å². The van der Waals surface area contributed by atoms with E-state index in [0.29, 0.717) is 24.7 Å². The fraction of sp³-hybridized carbons (Fsp3) is 0.350. The maximum Gasteiger partial charge on any atom is 0.243 e. The van der Waals surface area contributed by atoms with Crippen molar-refractivity contribution in [3.63, 3.8) is 0 Å². The number of amides is 1. The molecule has 31 heavy (non-hydrogen) atoms. The number of rotatable bonds is 5. The predicted octanol–water partition coefficient (Wildman–Crippen LogP) is 2.36. The Morgan fingerprint density at radius 2 is 1.68 bits per heavy atom. The number of fused-ring (bicyclic) bond motifs is 1. The fourth-order valence-corrected chi connectivity index (χ4v) is 5.63. The number of carbonyl (C=O) groups excluding carboxylic acids is 1. The summed E-state index contributed by atoms with van der Waals surface area (Å²) in [7, 11) is -3.75. The number of piperazine rings is 1. The molecule has 0 atom stereocenters. The maximum atomic E-state index is 13.7. The quantitative estimate of drug-likeness (QED) is 0.625. The Hall–Kier alpha value is -2.37. The van der Waals surface area contributed by atoms with Gasteiger partial charge in [0.05, 0.1) is 10.6 Å². The number of halogens is 2. The molecule has 2 aliphatic rings. The van der Waals surface area contributed by atoms with Crippen molar-refractivity contribution in [2.75, 3.05) is 45.1 Å². The number of thioether (sulfide) groups is 1. The molecule has 0 aromatic heterocycles. The van der Waals surface area contributed by atoms with Crippen LogP contribution in [0.4, 0.5) is 8.78 Å². The number of benzene rings is 2. The first-order chi connectivity index (χ1) is 14.8. The van der Waals surface area contributed by atoms with E-state index in [-0.39, 0.29) is 47.6 Å². The monoisotopic (exact) mass is 470 g/mol. The van der Waals surface area contributed by atoms with Crippen LogP contribution in [0.25, 0.3) is 0 Å². The molecule has 0 N–H and O–H groups in total. The third-order valence-electron chi connectivity index (χ3n) is 4.99. The van der Waals surface area contributed by atoms with Gasteiger partial charge in [0.2, 0.25) is 15.9 Å². The second-order valence-corrected chi connectivity index (χ2v) is 9.91. The minimum absolute atomic E-state index is 0.0602. The van der Waals surface area contributed by atoms with E-state index in [0.717, 1.165) is 30.0 Å². The number of ether oxygens (including phenoxy) is 2. The summed E-state index contributed by atoms with van der Waals surface area (Å²) in [5.41, 5.74) is 0. The number of carbonyl (C=O) groups is 1. The third kappa shape index (κ3) is 4.78. The summed E-state index contributed by atoms with van der Waals surface area (Å²) in [6.45, 7) is 1.49. The van der Waals surface area contributed by atoms with Crippen molar-refractivity contribution in [3.05, 3.63) is 48.0 Å². The van der Waals surface area contributed by atoms with Gasteiger partial charge in [0.15, 0.2) is 11.5 Å². The lowest BCUT2D eigenvalue weighted by molar-refractivity contribution is -0.129. The Morgan fingerprint density at radius 3 is 2.42 bits per heavy atom. The van der Waals surface area contributed by atoms with E-state index in [4.69, 9.17) is 9.47 Å². The van der Waals surface area contributed by atoms with Crippen molar-refractivity contribution in [1.29, 1.82) is 0 Å². The van der Waals surface area contributed by atoms with E-state index in [2.05, 4.69) is 0 Å². The van der Waals surface area contributed by atoms with Crippen LogP contribution >= 0.6 is 11.8 Å². The standard InChI is InChI=1S/C20H20F2N2O5S2/c21-14-1-3-16(22)19(11-14)30-13-20(25)23-5-7-24(8-6-23)31(26,27)15-2-4-17-18(12-15)29-10-9-28-17/h1-4,11-12H,5-10,13H2. The van der Waals surface area contributed by atoms with E-state index >= 15 is 0 Å². The van der Waals surface area contributed by atoms with Crippen LogP contribution in [0.2, 0.25) is 0 Å². The summed E-state index contributed by atoms with van der Waals surface area (Å²) in [5.74, 6) is -0.584. The molecular weight excluding hydrogens is 450 g/mol. The highest BCUT2D eigenvalue weighted by molar-refractivity contribution is 8.00. The summed E-state index contributed by atoms with van der Waals surface area (Å²) in [6.07, 6.45) is 0. The SMILES string of the molecule is O=C(CSc1cc(F)ccc1F)N1CCN(S(=O)(=O)c2ccc3c(c2)OCCO3)CC1. The summed E-state index contributed by atoms with van der Waals surface area (Å²) < 4.78 is 65.1. The minimum atomic E-state index is -3.75. The van der Waals surface area contributed by atoms with Gasteiger partial charge in [0.1, 0.15) is 24.8 Å². The van der Waals surface area contributed by atoms with E-state index in [1.807, 2.05) is 0 Å². The van der Waals surface area contributed by atoms with Gasteiger partial charge >= 0.3 is 0 Å². The number of hydrogen-bond acceptors (Lipinski definition) is 6. The van der Waals surface area contributed by atoms with Crippen molar-refractivity contribution in [2.45, 2.75) is 9.79 Å². The molecule has 0 saturated carbocycles. The fourth-order valence-electron chi connectivity index (χ4n) is 3.33. The largest absolute Gasteiger partial charge is 0.486 e. The predicted molar refractivity (Wildman–Crippen MR) is 110 cm³/mol. The lowest BCUT2D eigenvalue weighted by atomic mass is 10.3. The zero-order valence-corrected chi connectivity index (χ0v) is 18.1. The first-order valence-electron chi connectivity index (χ1n) is 9.60. The van der Waals surface area contributed by atoms with Crippen LogP contribution in [0.5, 0.6) is 11.5 Å². The summed E-state index contributed by atoms with van der Waals surface area (Å²) >= 11 is 0.915. The minimum Gasteiger partial charge on any atom is -0.486 e. The zero-order chi connectivity index (χ0) is 22.0. The van der Waals surface area contributed by atoms with Gasteiger partial charge in [0.25, 0.3) is 0 Å². The normalized spacial score (nSPS) is 16.9. The topological polar surface area (TPSA) is 76.2 Å². The highest BCUT2D eigenvalue weighted by atomic mass is 32.2. The van der Waals surface area contributed by atoms with E-state index in [1.165, 1.54) is 21.3 Å². The smallest absolute Gasteiger partial charge is 0.243 e. The van der Waals surface area contributed by atoms with Crippen LogP contribution in [0.3, 0.4) is 0 Å². The molecule has 166 valence electrons. The van der Waals surface area contributed by atoms with Crippen molar-refractivity contribution < 1.29 is 31.5 Å². The Bertz CT molecular complexity index is 1090. The lowest BCUT2D eigenvalue weighted by Crippen LogP contribution is -2.50. The Labute approximate surface area is 183 Å². The molecule has 2 heterocycles. The Balaban J connectivity index is 1.35. The number of nitrogens with zero attached hydrogens (tertiary/aromatic N) is 2. The van der Waals surface area contributed by atoms with Gasteiger partial charge in [-0.2, -0.15) is 4.31 Å². The average Bonchev–Trinajstić information content (AvgIpc) is 2.79. The highest BCUT2D eigenvalue weighted by Crippen LogP contribution is 2.33. The molecule has 0 spiro atoms. The van der Waals surface area contributed by atoms with E-state index in [9.17, 15) is 22.0 Å². The van der Waals surface area contributed by atoms with E-state index in [1.54, 1.807) is 6.07 Å². The van der Waals surface area contributed by atoms with Crippen molar-refractivity contribution in [3.8, 4) is 11.5 Å². The maximum absolute atomic E-state index is 13.7. The van der Waals surface area contributed by atoms with Crippen LogP contribution in [-0.2, 0) is 14.8 Å². The Kier molecular flexibility index (Phi) is 6.35. The van der Waals surface area contributed by atoms with Crippen molar-refractivity contribution >= 4 is 27.7 Å². The molecule has 4 rings (SSSR count). The van der Waals surface area contributed by atoms with Crippen LogP contribution < -0.4 is 9.47 Å². The summed E-state index contributed by atoms with van der Waals surface area (Å²) in [4.78, 5) is 14.1. The first-order valence-corrected chi connectivity index (χ1v) is 12.0. The van der Waals surface area contributed by atoms with Gasteiger partial charge in [-0.3, -0.25) is 4.79 Å². The molecule has 0 aliphatic carbocycles. The van der Waals surface area contributed by atoms with Gasteiger partial charge in [0, 0.05) is 37.1 Å². The van der Waals surface area contributed by atoms with E-state index < -0.39 is 21.7 Å². The molecular formula is C20H20F2N2O5S2. The molecule has 1 fully saturated rings. The molecule has 2 aromatic carbocycles. The third-order valence-corrected chi connectivity index (χ3v) is 7.90. The Morgan fingerprint density at radius 1 is 0.968 bits per heavy atom. The number of hydrogen-bond donors (Lipinski definition) is 0. The molecule has 0 bridgehead atoms. The molecule has 0 unspecified atom stereocenters. The van der Waals surface area contributed by atoms with Gasteiger partial charge < -0.3 is 14.4 Å². The van der Waals surface area contributed by atoms with Crippen molar-refractivity contribution in [2.24, 2.45) is 0 Å². The summed E-state index contributed by atoms with van der Waals surface area (Å²) in [6, 6.07) is 7.58. The van der Waals surface area contributed by atoms with Crippen LogP contribution in [-0.4, -0.2) is 68.7 Å². The van der Waals surface area contributed by atoms with Gasteiger partial charge in [-0.25, -0.2) is 17.2 Å². The lowest BCUT2D eigenvalue weighted by Gasteiger charge is -2.34. The number of sulfonamides is 1. The molecule has 2 aliphatic heterocycles. The molecule has 0 radical (unpaired) electrons. The molecule has 7 nitrogen and oxygen atoms in total. The molecule has 1 saturated heterocycles. The molecule has 1 amide bonds. The van der Waals surface area contributed by atoms with Crippen LogP contribution in [0, 0.1) is 11.6 Å². The zero-order valence-electron chi connectivity index (χ0n) is 16.4. The van der Waals surface area contributed by atoms with Crippen LogP contribution in [0.1, 0.15) is 0 Å². The van der Waals surface area contributed by atoms with Gasteiger partial charge in [-0.1, -0.05) is 0 Å². The second kappa shape index (κ2) is 9.01. The van der Waals surface area contributed by atoms with Crippen LogP contribution in [0.15, 0.2) is 46.2 Å². The molecule has 11 heteroatoms.